The Hall–Kier alpha value is -2.66. The molecule has 0 fully saturated rings. The average molecular weight is 397 g/mol. The smallest absolute Gasteiger partial charge is 0.277 e. The summed E-state index contributed by atoms with van der Waals surface area (Å²) in [6.45, 7) is 1.87. The molecule has 1 N–H and O–H groups in total. The van der Waals surface area contributed by atoms with Gasteiger partial charge in [0.1, 0.15) is 5.75 Å². The first-order valence-electron chi connectivity index (χ1n) is 7.82. The fourth-order valence-electron chi connectivity index (χ4n) is 2.42. The minimum absolute atomic E-state index is 0.0893. The Morgan fingerprint density at radius 1 is 1.16 bits per heavy atom. The number of nitrogens with zero attached hydrogens (tertiary/aromatic N) is 1. The summed E-state index contributed by atoms with van der Waals surface area (Å²) in [5.41, 5.74) is 4.48. The number of hydrazone groups is 1. The zero-order valence-corrected chi connectivity index (χ0v) is 15.3. The van der Waals surface area contributed by atoms with Gasteiger partial charge in [-0.25, -0.2) is 5.43 Å². The number of amides is 1. The van der Waals surface area contributed by atoms with Crippen molar-refractivity contribution in [1.82, 2.24) is 5.43 Å². The van der Waals surface area contributed by atoms with Crippen LogP contribution in [0.15, 0.2) is 70.2 Å². The van der Waals surface area contributed by atoms with Crippen molar-refractivity contribution in [3.63, 3.8) is 0 Å². The topological polar surface area (TPSA) is 50.7 Å². The molecule has 3 aromatic rings. The molecule has 0 aliphatic rings. The van der Waals surface area contributed by atoms with Gasteiger partial charge in [0.15, 0.2) is 6.61 Å². The summed E-state index contributed by atoms with van der Waals surface area (Å²) in [5.74, 6) is 0.339. The maximum atomic E-state index is 11.9. The van der Waals surface area contributed by atoms with E-state index in [-0.39, 0.29) is 12.5 Å². The third-order valence-corrected chi connectivity index (χ3v) is 4.61. The SMILES string of the molecule is Cc1cc(OCC(=O)N/N=C/c2cccc3ccccc23)ccc1Br. The van der Waals surface area contributed by atoms with Crippen LogP contribution in [0.3, 0.4) is 0 Å². The normalized spacial score (nSPS) is 11.0. The number of halogens is 1. The summed E-state index contributed by atoms with van der Waals surface area (Å²) in [4.78, 5) is 11.9. The van der Waals surface area contributed by atoms with Gasteiger partial charge in [0.25, 0.3) is 5.91 Å². The van der Waals surface area contributed by atoms with Gasteiger partial charge in [-0.3, -0.25) is 4.79 Å². The van der Waals surface area contributed by atoms with Crippen molar-refractivity contribution in [3.8, 4) is 5.75 Å². The molecule has 3 rings (SSSR count). The van der Waals surface area contributed by atoms with Gasteiger partial charge in [-0.05, 0) is 41.5 Å². The molecule has 0 aliphatic heterocycles. The van der Waals surface area contributed by atoms with Crippen molar-refractivity contribution in [1.29, 1.82) is 0 Å². The molecule has 126 valence electrons. The molecule has 25 heavy (non-hydrogen) atoms. The molecule has 0 atom stereocenters. The van der Waals surface area contributed by atoms with Crippen LogP contribution in [-0.2, 0) is 4.79 Å². The third-order valence-electron chi connectivity index (χ3n) is 3.72. The molecule has 0 bridgehead atoms. The standard InChI is InChI=1S/C20H17BrN2O2/c1-14-11-17(9-10-19(14)21)25-13-20(24)23-22-12-16-7-4-6-15-5-2-3-8-18(15)16/h2-12H,13H2,1H3,(H,23,24)/b22-12+. The summed E-state index contributed by atoms with van der Waals surface area (Å²) >= 11 is 3.43. The Labute approximate surface area is 154 Å². The van der Waals surface area contributed by atoms with Gasteiger partial charge in [-0.2, -0.15) is 5.10 Å². The quantitative estimate of drug-likeness (QED) is 0.511. The van der Waals surface area contributed by atoms with Crippen molar-refractivity contribution in [2.45, 2.75) is 6.92 Å². The zero-order chi connectivity index (χ0) is 17.6. The number of carbonyl (C=O) groups is 1. The predicted molar refractivity (Wildman–Crippen MR) is 104 cm³/mol. The number of benzene rings is 3. The van der Waals surface area contributed by atoms with E-state index in [0.717, 1.165) is 26.4 Å². The molecule has 0 spiro atoms. The van der Waals surface area contributed by atoms with Gasteiger partial charge < -0.3 is 4.74 Å². The second kappa shape index (κ2) is 7.94. The molecular formula is C20H17BrN2O2. The highest BCUT2D eigenvalue weighted by molar-refractivity contribution is 9.10. The highest BCUT2D eigenvalue weighted by Gasteiger charge is 2.03. The lowest BCUT2D eigenvalue weighted by atomic mass is 10.1. The van der Waals surface area contributed by atoms with E-state index in [1.165, 1.54) is 0 Å². The average Bonchev–Trinajstić information content (AvgIpc) is 2.63. The van der Waals surface area contributed by atoms with E-state index in [1.807, 2.05) is 67.6 Å². The van der Waals surface area contributed by atoms with Crippen molar-refractivity contribution in [2.75, 3.05) is 6.61 Å². The lowest BCUT2D eigenvalue weighted by Crippen LogP contribution is -2.24. The van der Waals surface area contributed by atoms with E-state index < -0.39 is 0 Å². The Bertz CT molecular complexity index is 933. The summed E-state index contributed by atoms with van der Waals surface area (Å²) < 4.78 is 6.47. The maximum Gasteiger partial charge on any atom is 0.277 e. The highest BCUT2D eigenvalue weighted by atomic mass is 79.9. The van der Waals surface area contributed by atoms with Crippen molar-refractivity contribution in [3.05, 3.63) is 76.3 Å². The molecule has 0 saturated heterocycles. The first kappa shape index (κ1) is 17.2. The zero-order valence-electron chi connectivity index (χ0n) is 13.7. The Morgan fingerprint density at radius 3 is 2.80 bits per heavy atom. The molecule has 3 aromatic carbocycles. The van der Waals surface area contributed by atoms with Crippen LogP contribution < -0.4 is 10.2 Å². The van der Waals surface area contributed by atoms with Crippen molar-refractivity contribution < 1.29 is 9.53 Å². The molecule has 0 unspecified atom stereocenters. The first-order chi connectivity index (χ1) is 12.1. The molecule has 0 heterocycles. The second-order valence-electron chi connectivity index (χ2n) is 5.56. The highest BCUT2D eigenvalue weighted by Crippen LogP contribution is 2.21. The number of nitrogens with one attached hydrogen (secondary N) is 1. The number of fused-ring (bicyclic) bond motifs is 1. The molecule has 0 aromatic heterocycles. The number of rotatable bonds is 5. The fraction of sp³-hybridized carbons (Fsp3) is 0.100. The summed E-state index contributed by atoms with van der Waals surface area (Å²) in [6.07, 6.45) is 1.64. The first-order valence-corrected chi connectivity index (χ1v) is 8.61. The molecule has 5 heteroatoms. The van der Waals surface area contributed by atoms with Crippen molar-refractivity contribution in [2.24, 2.45) is 5.10 Å². The van der Waals surface area contributed by atoms with E-state index >= 15 is 0 Å². The summed E-state index contributed by atoms with van der Waals surface area (Å²) in [7, 11) is 0. The van der Waals surface area contributed by atoms with Gasteiger partial charge in [-0.15, -0.1) is 0 Å². The van der Waals surface area contributed by atoms with E-state index in [4.69, 9.17) is 4.74 Å². The molecule has 4 nitrogen and oxygen atoms in total. The van der Waals surface area contributed by atoms with Gasteiger partial charge in [0.05, 0.1) is 6.21 Å². The van der Waals surface area contributed by atoms with Crippen LogP contribution in [-0.4, -0.2) is 18.7 Å². The summed E-state index contributed by atoms with van der Waals surface area (Å²) in [6, 6.07) is 19.6. The number of hydrogen-bond donors (Lipinski definition) is 1. The Balaban J connectivity index is 1.58. The van der Waals surface area contributed by atoms with Gasteiger partial charge >= 0.3 is 0 Å². The molecule has 0 radical (unpaired) electrons. The molecule has 0 saturated carbocycles. The van der Waals surface area contributed by atoms with E-state index in [0.29, 0.717) is 5.75 Å². The molecule has 0 aliphatic carbocycles. The number of aryl methyl sites for hydroxylation is 1. The van der Waals surface area contributed by atoms with E-state index in [2.05, 4.69) is 26.5 Å². The van der Waals surface area contributed by atoms with E-state index in [9.17, 15) is 4.79 Å². The second-order valence-corrected chi connectivity index (χ2v) is 6.42. The van der Waals surface area contributed by atoms with E-state index in [1.54, 1.807) is 6.21 Å². The minimum Gasteiger partial charge on any atom is -0.484 e. The largest absolute Gasteiger partial charge is 0.484 e. The molecule has 1 amide bonds. The number of hydrogen-bond acceptors (Lipinski definition) is 3. The van der Waals surface area contributed by atoms with Crippen LogP contribution in [0.5, 0.6) is 5.75 Å². The monoisotopic (exact) mass is 396 g/mol. The molecular weight excluding hydrogens is 380 g/mol. The Kier molecular flexibility index (Phi) is 5.46. The van der Waals surface area contributed by atoms with Gasteiger partial charge in [-0.1, -0.05) is 58.4 Å². The van der Waals surface area contributed by atoms with Crippen LogP contribution in [0.1, 0.15) is 11.1 Å². The predicted octanol–water partition coefficient (Wildman–Crippen LogP) is 4.44. The van der Waals surface area contributed by atoms with Crippen LogP contribution in [0.2, 0.25) is 0 Å². The lowest BCUT2D eigenvalue weighted by molar-refractivity contribution is -0.123. The third kappa shape index (κ3) is 4.45. The van der Waals surface area contributed by atoms with Crippen molar-refractivity contribution >= 4 is 38.8 Å². The van der Waals surface area contributed by atoms with Gasteiger partial charge in [0, 0.05) is 10.0 Å². The van der Waals surface area contributed by atoms with Crippen LogP contribution in [0.25, 0.3) is 10.8 Å². The minimum atomic E-state index is -0.308. The van der Waals surface area contributed by atoms with Crippen LogP contribution in [0, 0.1) is 6.92 Å². The van der Waals surface area contributed by atoms with Crippen LogP contribution in [0.4, 0.5) is 0 Å². The fourth-order valence-corrected chi connectivity index (χ4v) is 2.67. The maximum absolute atomic E-state index is 11.9. The lowest BCUT2D eigenvalue weighted by Gasteiger charge is -2.07. The number of carbonyl (C=O) groups excluding carboxylic acids is 1. The number of ether oxygens (including phenoxy) is 1. The van der Waals surface area contributed by atoms with Crippen LogP contribution >= 0.6 is 15.9 Å². The summed E-state index contributed by atoms with van der Waals surface area (Å²) in [5, 5.41) is 6.24. The Morgan fingerprint density at radius 2 is 1.96 bits per heavy atom. The van der Waals surface area contributed by atoms with Gasteiger partial charge in [0.2, 0.25) is 0 Å².